The third kappa shape index (κ3) is 4.01. The number of anilines is 1. The Morgan fingerprint density at radius 1 is 1.23 bits per heavy atom. The van der Waals surface area contributed by atoms with E-state index < -0.39 is 16.0 Å². The second-order valence-corrected chi connectivity index (χ2v) is 7.91. The highest BCUT2D eigenvalue weighted by atomic mass is 32.2. The zero-order valence-electron chi connectivity index (χ0n) is 13.5. The predicted octanol–water partition coefficient (Wildman–Crippen LogP) is 3.20. The average molecular weight is 390 g/mol. The van der Waals surface area contributed by atoms with E-state index in [-0.39, 0.29) is 10.0 Å². The molecule has 0 saturated carbocycles. The number of benzene rings is 2. The van der Waals surface area contributed by atoms with Crippen molar-refractivity contribution in [1.82, 2.24) is 4.98 Å². The van der Waals surface area contributed by atoms with Gasteiger partial charge in [-0.1, -0.05) is 23.5 Å². The molecule has 0 aliphatic carbocycles. The van der Waals surface area contributed by atoms with Gasteiger partial charge in [-0.3, -0.25) is 4.72 Å². The van der Waals surface area contributed by atoms with Gasteiger partial charge < -0.3 is 9.84 Å². The molecule has 0 bridgehead atoms. The lowest BCUT2D eigenvalue weighted by atomic mass is 10.2. The molecule has 0 atom stereocenters. The summed E-state index contributed by atoms with van der Waals surface area (Å²) in [5, 5.41) is 8.86. The second kappa shape index (κ2) is 7.14. The molecule has 0 aliphatic rings. The molecule has 1 heterocycles. The van der Waals surface area contributed by atoms with Crippen molar-refractivity contribution in [2.45, 2.75) is 4.90 Å². The molecule has 9 heteroatoms. The first-order chi connectivity index (χ1) is 12.4. The van der Waals surface area contributed by atoms with Crippen molar-refractivity contribution < 1.29 is 23.1 Å². The maximum atomic E-state index is 12.5. The van der Waals surface area contributed by atoms with Crippen LogP contribution in [-0.2, 0) is 14.8 Å². The van der Waals surface area contributed by atoms with E-state index in [0.29, 0.717) is 16.8 Å². The molecule has 134 valence electrons. The summed E-state index contributed by atoms with van der Waals surface area (Å²) >= 11 is 1.21. The van der Waals surface area contributed by atoms with Gasteiger partial charge in [0.15, 0.2) is 5.13 Å². The largest absolute Gasteiger partial charge is 0.497 e. The molecule has 2 aromatic carbocycles. The SMILES string of the molecule is COc1ccc2nc(NS(=O)(=O)c3ccc(C=CC(=O)O)cc3)sc2c1. The number of ether oxygens (including phenoxy) is 1. The van der Waals surface area contributed by atoms with E-state index in [2.05, 4.69) is 9.71 Å². The number of hydrogen-bond acceptors (Lipinski definition) is 6. The summed E-state index contributed by atoms with van der Waals surface area (Å²) in [6.07, 6.45) is 2.37. The van der Waals surface area contributed by atoms with Crippen LogP contribution in [-0.4, -0.2) is 31.6 Å². The van der Waals surface area contributed by atoms with Crippen LogP contribution in [0.15, 0.2) is 53.4 Å². The smallest absolute Gasteiger partial charge is 0.328 e. The van der Waals surface area contributed by atoms with Gasteiger partial charge in [0.2, 0.25) is 0 Å². The number of hydrogen-bond donors (Lipinski definition) is 2. The normalized spacial score (nSPS) is 11.7. The second-order valence-electron chi connectivity index (χ2n) is 5.20. The molecule has 0 spiro atoms. The summed E-state index contributed by atoms with van der Waals surface area (Å²) in [5.41, 5.74) is 1.25. The zero-order valence-corrected chi connectivity index (χ0v) is 15.2. The zero-order chi connectivity index (χ0) is 18.7. The Morgan fingerprint density at radius 2 is 1.96 bits per heavy atom. The van der Waals surface area contributed by atoms with E-state index in [4.69, 9.17) is 9.84 Å². The molecule has 0 unspecified atom stereocenters. The van der Waals surface area contributed by atoms with Crippen LogP contribution >= 0.6 is 11.3 Å². The maximum Gasteiger partial charge on any atom is 0.328 e. The molecule has 0 fully saturated rings. The van der Waals surface area contributed by atoms with E-state index in [9.17, 15) is 13.2 Å². The van der Waals surface area contributed by atoms with Crippen LogP contribution in [0.5, 0.6) is 5.75 Å². The third-order valence-electron chi connectivity index (χ3n) is 3.43. The standard InChI is InChI=1S/C17H14N2O5S2/c1-24-12-5-8-14-15(10-12)25-17(18-14)19-26(22,23)13-6-2-11(3-7-13)4-9-16(20)21/h2-10H,1H3,(H,18,19)(H,20,21). The third-order valence-corrected chi connectivity index (χ3v) is 5.84. The highest BCUT2D eigenvalue weighted by Crippen LogP contribution is 2.30. The minimum atomic E-state index is -3.80. The van der Waals surface area contributed by atoms with Crippen molar-refractivity contribution >= 4 is 48.8 Å². The Morgan fingerprint density at radius 3 is 2.62 bits per heavy atom. The van der Waals surface area contributed by atoms with Gasteiger partial charge in [0.1, 0.15) is 5.75 Å². The van der Waals surface area contributed by atoms with Gasteiger partial charge in [0.25, 0.3) is 10.0 Å². The summed E-state index contributed by atoms with van der Waals surface area (Å²) < 4.78 is 33.4. The van der Waals surface area contributed by atoms with E-state index >= 15 is 0 Å². The lowest BCUT2D eigenvalue weighted by Crippen LogP contribution is -2.12. The van der Waals surface area contributed by atoms with Crippen molar-refractivity contribution in [2.24, 2.45) is 0 Å². The lowest BCUT2D eigenvalue weighted by molar-refractivity contribution is -0.131. The molecular formula is C17H14N2O5S2. The predicted molar refractivity (Wildman–Crippen MR) is 100 cm³/mol. The number of aliphatic carboxylic acids is 1. The minimum absolute atomic E-state index is 0.0572. The summed E-state index contributed by atoms with van der Waals surface area (Å²) in [7, 11) is -2.24. The van der Waals surface area contributed by atoms with Crippen molar-refractivity contribution in [2.75, 3.05) is 11.8 Å². The number of sulfonamides is 1. The minimum Gasteiger partial charge on any atom is -0.497 e. The summed E-state index contributed by atoms with van der Waals surface area (Å²) in [5.74, 6) is -0.406. The van der Waals surface area contributed by atoms with Crippen LogP contribution in [0.2, 0.25) is 0 Å². The number of carboxylic acid groups (broad SMARTS) is 1. The Labute approximate surface area is 153 Å². The summed E-state index contributed by atoms with van der Waals surface area (Å²) in [6.45, 7) is 0. The van der Waals surface area contributed by atoms with Gasteiger partial charge in [0, 0.05) is 6.08 Å². The number of rotatable bonds is 6. The summed E-state index contributed by atoms with van der Waals surface area (Å²) in [6, 6.07) is 11.2. The van der Waals surface area contributed by atoms with Crippen molar-refractivity contribution in [3.8, 4) is 5.75 Å². The lowest BCUT2D eigenvalue weighted by Gasteiger charge is -2.05. The number of nitrogens with zero attached hydrogens (tertiary/aromatic N) is 1. The fourth-order valence-electron chi connectivity index (χ4n) is 2.18. The van der Waals surface area contributed by atoms with Crippen molar-refractivity contribution in [3.05, 3.63) is 54.1 Å². The van der Waals surface area contributed by atoms with Crippen LogP contribution in [0, 0.1) is 0 Å². The highest BCUT2D eigenvalue weighted by molar-refractivity contribution is 7.93. The quantitative estimate of drug-likeness (QED) is 0.626. The van der Waals surface area contributed by atoms with Crippen LogP contribution in [0.4, 0.5) is 5.13 Å². The van der Waals surface area contributed by atoms with Crippen molar-refractivity contribution in [1.29, 1.82) is 0 Å². The van der Waals surface area contributed by atoms with E-state index in [0.717, 1.165) is 10.8 Å². The molecule has 3 aromatic rings. The van der Waals surface area contributed by atoms with Gasteiger partial charge in [0.05, 0.1) is 22.2 Å². The Bertz CT molecular complexity index is 1090. The highest BCUT2D eigenvalue weighted by Gasteiger charge is 2.16. The van der Waals surface area contributed by atoms with Crippen LogP contribution < -0.4 is 9.46 Å². The van der Waals surface area contributed by atoms with Crippen LogP contribution in [0.3, 0.4) is 0 Å². The molecule has 0 saturated heterocycles. The number of carboxylic acids is 1. The van der Waals surface area contributed by atoms with Gasteiger partial charge in [-0.05, 0) is 42.0 Å². The number of nitrogens with one attached hydrogen (secondary N) is 1. The molecule has 2 N–H and O–H groups in total. The number of methoxy groups -OCH3 is 1. The number of fused-ring (bicyclic) bond motifs is 1. The fourth-order valence-corrected chi connectivity index (χ4v) is 4.30. The first-order valence-electron chi connectivity index (χ1n) is 7.36. The van der Waals surface area contributed by atoms with E-state index in [1.165, 1.54) is 41.7 Å². The molecule has 1 aromatic heterocycles. The monoisotopic (exact) mass is 390 g/mol. The molecule has 0 aliphatic heterocycles. The van der Waals surface area contributed by atoms with Crippen LogP contribution in [0.25, 0.3) is 16.3 Å². The number of carbonyl (C=O) groups is 1. The van der Waals surface area contributed by atoms with Gasteiger partial charge in [-0.25, -0.2) is 18.2 Å². The van der Waals surface area contributed by atoms with E-state index in [1.54, 1.807) is 25.3 Å². The fraction of sp³-hybridized carbons (Fsp3) is 0.0588. The molecule has 0 amide bonds. The number of aromatic nitrogens is 1. The number of thiazole rings is 1. The van der Waals surface area contributed by atoms with Crippen molar-refractivity contribution in [3.63, 3.8) is 0 Å². The Balaban J connectivity index is 1.83. The molecular weight excluding hydrogens is 376 g/mol. The van der Waals surface area contributed by atoms with E-state index in [1.807, 2.05) is 0 Å². The Kier molecular flexibility index (Phi) is 4.92. The molecule has 3 rings (SSSR count). The molecule has 0 radical (unpaired) electrons. The van der Waals surface area contributed by atoms with Gasteiger partial charge in [-0.2, -0.15) is 0 Å². The first-order valence-corrected chi connectivity index (χ1v) is 9.66. The van der Waals surface area contributed by atoms with Gasteiger partial charge >= 0.3 is 5.97 Å². The first kappa shape index (κ1) is 17.9. The van der Waals surface area contributed by atoms with Crippen LogP contribution in [0.1, 0.15) is 5.56 Å². The topological polar surface area (TPSA) is 106 Å². The molecule has 7 nitrogen and oxygen atoms in total. The molecule has 26 heavy (non-hydrogen) atoms. The Hall–Kier alpha value is -2.91. The summed E-state index contributed by atoms with van der Waals surface area (Å²) in [4.78, 5) is 14.8. The maximum absolute atomic E-state index is 12.5. The van der Waals surface area contributed by atoms with Gasteiger partial charge in [-0.15, -0.1) is 0 Å². The average Bonchev–Trinajstić information content (AvgIpc) is 3.00.